The second kappa shape index (κ2) is 5.67. The lowest BCUT2D eigenvalue weighted by Gasteiger charge is -2.01. The molecular formula is C14H19N3O. The van der Waals surface area contributed by atoms with Gasteiger partial charge in [0.05, 0.1) is 12.1 Å². The van der Waals surface area contributed by atoms with E-state index in [1.807, 2.05) is 35.9 Å². The molecule has 4 nitrogen and oxygen atoms in total. The zero-order chi connectivity index (χ0) is 13.0. The maximum Gasteiger partial charge on any atom is 0.226 e. The van der Waals surface area contributed by atoms with Crippen LogP contribution in [0.3, 0.4) is 0 Å². The van der Waals surface area contributed by atoms with Crippen LogP contribution >= 0.6 is 0 Å². The number of hydrogen-bond donors (Lipinski definition) is 1. The van der Waals surface area contributed by atoms with Crippen molar-refractivity contribution in [2.75, 3.05) is 6.54 Å². The van der Waals surface area contributed by atoms with E-state index in [4.69, 9.17) is 0 Å². The van der Waals surface area contributed by atoms with Crippen LogP contribution in [0.5, 0.6) is 0 Å². The van der Waals surface area contributed by atoms with Crippen molar-refractivity contribution in [2.24, 2.45) is 0 Å². The summed E-state index contributed by atoms with van der Waals surface area (Å²) >= 11 is 0. The van der Waals surface area contributed by atoms with Crippen LogP contribution in [0, 0.1) is 6.92 Å². The Morgan fingerprint density at radius 3 is 3.11 bits per heavy atom. The monoisotopic (exact) mass is 245 g/mol. The van der Waals surface area contributed by atoms with Crippen molar-refractivity contribution in [3.05, 3.63) is 35.8 Å². The van der Waals surface area contributed by atoms with Crippen LogP contribution in [0.25, 0.3) is 5.65 Å². The van der Waals surface area contributed by atoms with Gasteiger partial charge < -0.3 is 9.72 Å². The molecule has 0 aromatic carbocycles. The molecule has 0 fully saturated rings. The van der Waals surface area contributed by atoms with Crippen LogP contribution in [0.1, 0.15) is 31.0 Å². The van der Waals surface area contributed by atoms with Gasteiger partial charge in [0.1, 0.15) is 5.65 Å². The molecular weight excluding hydrogens is 226 g/mol. The molecule has 2 rings (SSSR count). The van der Waals surface area contributed by atoms with Crippen molar-refractivity contribution in [3.63, 3.8) is 0 Å². The van der Waals surface area contributed by atoms with Gasteiger partial charge in [0.2, 0.25) is 5.91 Å². The van der Waals surface area contributed by atoms with Gasteiger partial charge in [0.15, 0.2) is 0 Å². The fourth-order valence-electron chi connectivity index (χ4n) is 1.85. The normalized spacial score (nSPS) is 10.8. The van der Waals surface area contributed by atoms with E-state index in [1.165, 1.54) is 5.56 Å². The average Bonchev–Trinajstić information content (AvgIpc) is 2.70. The Labute approximate surface area is 107 Å². The summed E-state index contributed by atoms with van der Waals surface area (Å²) in [7, 11) is 0. The lowest BCUT2D eigenvalue weighted by Crippen LogP contribution is -2.26. The SMILES string of the molecule is CCCCNC(=O)Cc1cn2ccc(C)cc2n1. The van der Waals surface area contributed by atoms with E-state index in [0.29, 0.717) is 6.42 Å². The largest absolute Gasteiger partial charge is 0.356 e. The highest BCUT2D eigenvalue weighted by Gasteiger charge is 2.07. The summed E-state index contributed by atoms with van der Waals surface area (Å²) in [5.74, 6) is 0.0450. The number of nitrogens with zero attached hydrogens (tertiary/aromatic N) is 2. The minimum absolute atomic E-state index is 0.0450. The summed E-state index contributed by atoms with van der Waals surface area (Å²) in [4.78, 5) is 16.1. The van der Waals surface area contributed by atoms with Crippen molar-refractivity contribution in [2.45, 2.75) is 33.1 Å². The molecule has 18 heavy (non-hydrogen) atoms. The Hall–Kier alpha value is -1.84. The third-order valence-electron chi connectivity index (χ3n) is 2.86. The number of pyridine rings is 1. The molecule has 0 unspecified atom stereocenters. The van der Waals surface area contributed by atoms with Crippen LogP contribution in [0.2, 0.25) is 0 Å². The van der Waals surface area contributed by atoms with E-state index >= 15 is 0 Å². The maximum absolute atomic E-state index is 11.7. The lowest BCUT2D eigenvalue weighted by molar-refractivity contribution is -0.120. The molecule has 0 aliphatic heterocycles. The first-order valence-electron chi connectivity index (χ1n) is 6.40. The van der Waals surface area contributed by atoms with Gasteiger partial charge in [-0.05, 0) is 31.0 Å². The number of aryl methyl sites for hydroxylation is 1. The first kappa shape index (κ1) is 12.6. The molecule has 0 bridgehead atoms. The number of unbranched alkanes of at least 4 members (excludes halogenated alkanes) is 1. The van der Waals surface area contributed by atoms with Crippen molar-refractivity contribution >= 4 is 11.6 Å². The zero-order valence-electron chi connectivity index (χ0n) is 10.9. The molecule has 0 saturated heterocycles. The Bertz CT molecular complexity index is 545. The number of rotatable bonds is 5. The van der Waals surface area contributed by atoms with Gasteiger partial charge in [-0.3, -0.25) is 4.79 Å². The van der Waals surface area contributed by atoms with Gasteiger partial charge in [-0.2, -0.15) is 0 Å². The molecule has 2 aromatic rings. The molecule has 0 atom stereocenters. The molecule has 2 heterocycles. The van der Waals surface area contributed by atoms with Crippen LogP contribution in [-0.4, -0.2) is 21.8 Å². The summed E-state index contributed by atoms with van der Waals surface area (Å²) in [6.45, 7) is 4.89. The lowest BCUT2D eigenvalue weighted by atomic mass is 10.3. The molecule has 0 saturated carbocycles. The first-order valence-corrected chi connectivity index (χ1v) is 6.40. The molecule has 0 aliphatic rings. The summed E-state index contributed by atoms with van der Waals surface area (Å²) in [6.07, 6.45) is 6.35. The molecule has 1 N–H and O–H groups in total. The van der Waals surface area contributed by atoms with E-state index < -0.39 is 0 Å². The second-order valence-electron chi connectivity index (χ2n) is 4.58. The first-order chi connectivity index (χ1) is 8.69. The number of amides is 1. The van der Waals surface area contributed by atoms with E-state index in [2.05, 4.69) is 17.2 Å². The molecule has 1 amide bonds. The minimum Gasteiger partial charge on any atom is -0.356 e. The third-order valence-corrected chi connectivity index (χ3v) is 2.86. The number of aromatic nitrogens is 2. The Balaban J connectivity index is 2.01. The van der Waals surface area contributed by atoms with Gasteiger partial charge in [0, 0.05) is 18.9 Å². The van der Waals surface area contributed by atoms with Crippen molar-refractivity contribution in [3.8, 4) is 0 Å². The van der Waals surface area contributed by atoms with Gasteiger partial charge in [-0.25, -0.2) is 4.98 Å². The van der Waals surface area contributed by atoms with E-state index in [1.54, 1.807) is 0 Å². The zero-order valence-corrected chi connectivity index (χ0v) is 10.9. The quantitative estimate of drug-likeness (QED) is 0.820. The van der Waals surface area contributed by atoms with Gasteiger partial charge in [0.25, 0.3) is 0 Å². The summed E-state index contributed by atoms with van der Waals surface area (Å²) in [5, 5.41) is 2.90. The number of fused-ring (bicyclic) bond motifs is 1. The fraction of sp³-hybridized carbons (Fsp3) is 0.429. The molecule has 2 aromatic heterocycles. The van der Waals surface area contributed by atoms with Crippen LogP contribution in [0.15, 0.2) is 24.5 Å². The van der Waals surface area contributed by atoms with E-state index in [-0.39, 0.29) is 5.91 Å². The summed E-state index contributed by atoms with van der Waals surface area (Å²) < 4.78 is 1.95. The predicted octanol–water partition coefficient (Wildman–Crippen LogP) is 2.10. The number of nitrogens with one attached hydrogen (secondary N) is 1. The molecule has 0 spiro atoms. The molecule has 96 valence electrons. The van der Waals surface area contributed by atoms with Crippen LogP contribution in [-0.2, 0) is 11.2 Å². The van der Waals surface area contributed by atoms with Crippen molar-refractivity contribution in [1.29, 1.82) is 0 Å². The summed E-state index contributed by atoms with van der Waals surface area (Å²) in [5.41, 5.74) is 2.88. The number of hydrogen-bond acceptors (Lipinski definition) is 2. The van der Waals surface area contributed by atoms with Crippen LogP contribution < -0.4 is 5.32 Å². The highest BCUT2D eigenvalue weighted by Crippen LogP contribution is 2.08. The van der Waals surface area contributed by atoms with Gasteiger partial charge >= 0.3 is 0 Å². The topological polar surface area (TPSA) is 46.4 Å². The molecule has 0 radical (unpaired) electrons. The van der Waals surface area contributed by atoms with E-state index in [0.717, 1.165) is 30.7 Å². The number of imidazole rings is 1. The number of carbonyl (C=O) groups excluding carboxylic acids is 1. The Morgan fingerprint density at radius 1 is 1.50 bits per heavy atom. The Kier molecular flexibility index (Phi) is 3.97. The fourth-order valence-corrected chi connectivity index (χ4v) is 1.85. The highest BCUT2D eigenvalue weighted by atomic mass is 16.1. The second-order valence-corrected chi connectivity index (χ2v) is 4.58. The van der Waals surface area contributed by atoms with Crippen LogP contribution in [0.4, 0.5) is 0 Å². The predicted molar refractivity (Wildman–Crippen MR) is 71.6 cm³/mol. The van der Waals surface area contributed by atoms with Gasteiger partial charge in [-0.15, -0.1) is 0 Å². The highest BCUT2D eigenvalue weighted by molar-refractivity contribution is 5.78. The van der Waals surface area contributed by atoms with Crippen molar-refractivity contribution in [1.82, 2.24) is 14.7 Å². The number of carbonyl (C=O) groups is 1. The Morgan fingerprint density at radius 2 is 2.33 bits per heavy atom. The smallest absolute Gasteiger partial charge is 0.226 e. The average molecular weight is 245 g/mol. The standard InChI is InChI=1S/C14H19N3O/c1-3-4-6-15-14(18)9-12-10-17-7-5-11(2)8-13(17)16-12/h5,7-8,10H,3-4,6,9H2,1-2H3,(H,15,18). The van der Waals surface area contributed by atoms with Gasteiger partial charge in [-0.1, -0.05) is 13.3 Å². The minimum atomic E-state index is 0.0450. The van der Waals surface area contributed by atoms with E-state index in [9.17, 15) is 4.79 Å². The molecule has 0 aliphatic carbocycles. The summed E-state index contributed by atoms with van der Waals surface area (Å²) in [6, 6.07) is 4.04. The van der Waals surface area contributed by atoms with Crippen molar-refractivity contribution < 1.29 is 4.79 Å². The third kappa shape index (κ3) is 3.09. The maximum atomic E-state index is 11.7. The molecule has 4 heteroatoms.